The lowest BCUT2D eigenvalue weighted by Crippen LogP contribution is -2.28. The summed E-state index contributed by atoms with van der Waals surface area (Å²) >= 11 is 0. The average Bonchev–Trinajstić information content (AvgIpc) is 2.56. The third kappa shape index (κ3) is 1.27. The molecule has 0 spiro atoms. The highest BCUT2D eigenvalue weighted by Crippen LogP contribution is 2.50. The Morgan fingerprint density at radius 3 is 2.17 bits per heavy atom. The third-order valence-electron chi connectivity index (χ3n) is 3.24. The lowest BCUT2D eigenvalue weighted by atomic mass is 9.81. The van der Waals surface area contributed by atoms with Crippen molar-refractivity contribution in [3.8, 4) is 0 Å². The fourth-order valence-electron chi connectivity index (χ4n) is 1.93. The smallest absolute Gasteiger partial charge is 0.270 e. The van der Waals surface area contributed by atoms with Gasteiger partial charge in [0.2, 0.25) is 0 Å². The molecule has 70 valence electrons. The second-order valence-electron chi connectivity index (χ2n) is 4.16. The first kappa shape index (κ1) is 8.51. The van der Waals surface area contributed by atoms with Gasteiger partial charge in [-0.25, -0.2) is 0 Å². The SMILES string of the molecule is O=S(=O)(O)C1(CC2CCC2)CC1. The van der Waals surface area contributed by atoms with E-state index in [4.69, 9.17) is 4.55 Å². The first-order chi connectivity index (χ1) is 5.54. The van der Waals surface area contributed by atoms with Crippen LogP contribution in [0, 0.1) is 5.92 Å². The van der Waals surface area contributed by atoms with Crippen LogP contribution in [-0.2, 0) is 10.1 Å². The number of rotatable bonds is 3. The molecule has 4 heteroatoms. The average molecular weight is 190 g/mol. The Balaban J connectivity index is 2.02. The maximum absolute atomic E-state index is 10.9. The van der Waals surface area contributed by atoms with Crippen LogP contribution in [0.25, 0.3) is 0 Å². The molecule has 0 aromatic heterocycles. The molecule has 0 heterocycles. The monoisotopic (exact) mass is 190 g/mol. The van der Waals surface area contributed by atoms with Crippen molar-refractivity contribution >= 4 is 10.1 Å². The van der Waals surface area contributed by atoms with E-state index in [9.17, 15) is 8.42 Å². The molecule has 2 rings (SSSR count). The normalized spacial score (nSPS) is 28.1. The van der Waals surface area contributed by atoms with Gasteiger partial charge in [0.05, 0.1) is 4.75 Å². The Bertz CT molecular complexity index is 273. The standard InChI is InChI=1S/C8H14O3S/c9-12(10,11)8(4-5-8)6-7-2-1-3-7/h7H,1-6H2,(H,9,10,11). The topological polar surface area (TPSA) is 54.4 Å². The van der Waals surface area contributed by atoms with Gasteiger partial charge in [-0.3, -0.25) is 4.55 Å². The van der Waals surface area contributed by atoms with Gasteiger partial charge in [-0.05, 0) is 25.2 Å². The lowest BCUT2D eigenvalue weighted by molar-refractivity contribution is 0.282. The molecule has 0 bridgehead atoms. The van der Waals surface area contributed by atoms with Crippen molar-refractivity contribution in [3.05, 3.63) is 0 Å². The maximum Gasteiger partial charge on any atom is 0.270 e. The van der Waals surface area contributed by atoms with Gasteiger partial charge in [-0.2, -0.15) is 8.42 Å². The quantitative estimate of drug-likeness (QED) is 0.688. The summed E-state index contributed by atoms with van der Waals surface area (Å²) in [5, 5.41) is 0. The molecule has 0 aromatic rings. The van der Waals surface area contributed by atoms with Gasteiger partial charge in [0.15, 0.2) is 0 Å². The zero-order valence-corrected chi connectivity index (χ0v) is 7.81. The van der Waals surface area contributed by atoms with Crippen molar-refractivity contribution in [3.63, 3.8) is 0 Å². The van der Waals surface area contributed by atoms with Gasteiger partial charge in [-0.1, -0.05) is 19.3 Å². The first-order valence-electron chi connectivity index (χ1n) is 4.51. The maximum atomic E-state index is 10.9. The molecule has 0 amide bonds. The van der Waals surface area contributed by atoms with Crippen LogP contribution in [0.5, 0.6) is 0 Å². The summed E-state index contributed by atoms with van der Waals surface area (Å²) in [4.78, 5) is 0. The van der Waals surface area contributed by atoms with E-state index in [1.165, 1.54) is 6.42 Å². The number of hydrogen-bond donors (Lipinski definition) is 1. The van der Waals surface area contributed by atoms with E-state index in [2.05, 4.69) is 0 Å². The minimum absolute atomic E-state index is 0.564. The van der Waals surface area contributed by atoms with E-state index in [-0.39, 0.29) is 0 Å². The van der Waals surface area contributed by atoms with E-state index < -0.39 is 14.9 Å². The van der Waals surface area contributed by atoms with Crippen molar-refractivity contribution in [1.82, 2.24) is 0 Å². The van der Waals surface area contributed by atoms with Crippen molar-refractivity contribution in [2.75, 3.05) is 0 Å². The van der Waals surface area contributed by atoms with Crippen LogP contribution in [0.3, 0.4) is 0 Å². The molecule has 2 fully saturated rings. The van der Waals surface area contributed by atoms with Gasteiger partial charge in [0.1, 0.15) is 0 Å². The summed E-state index contributed by atoms with van der Waals surface area (Å²) in [6.07, 6.45) is 5.57. The molecule has 0 atom stereocenters. The van der Waals surface area contributed by atoms with E-state index in [0.717, 1.165) is 12.8 Å². The molecular weight excluding hydrogens is 176 g/mol. The van der Waals surface area contributed by atoms with Crippen LogP contribution in [0.1, 0.15) is 38.5 Å². The molecule has 0 aliphatic heterocycles. The summed E-state index contributed by atoms with van der Waals surface area (Å²) in [5.41, 5.74) is 0. The highest BCUT2D eigenvalue weighted by atomic mass is 32.2. The van der Waals surface area contributed by atoms with Crippen LogP contribution in [0.4, 0.5) is 0 Å². The third-order valence-corrected chi connectivity index (χ3v) is 4.91. The fraction of sp³-hybridized carbons (Fsp3) is 1.00. The van der Waals surface area contributed by atoms with Crippen LogP contribution < -0.4 is 0 Å². The molecule has 0 saturated heterocycles. The molecule has 2 aliphatic rings. The van der Waals surface area contributed by atoms with E-state index in [1.807, 2.05) is 0 Å². The largest absolute Gasteiger partial charge is 0.285 e. The van der Waals surface area contributed by atoms with Crippen molar-refractivity contribution in [2.45, 2.75) is 43.3 Å². The molecule has 0 unspecified atom stereocenters. The summed E-state index contributed by atoms with van der Waals surface area (Å²) in [6, 6.07) is 0. The number of hydrogen-bond acceptors (Lipinski definition) is 2. The zero-order valence-electron chi connectivity index (χ0n) is 6.99. The minimum atomic E-state index is -3.76. The Kier molecular flexibility index (Phi) is 1.74. The molecule has 2 saturated carbocycles. The molecule has 2 aliphatic carbocycles. The van der Waals surface area contributed by atoms with Gasteiger partial charge < -0.3 is 0 Å². The Labute approximate surface area is 72.9 Å². The predicted molar refractivity (Wildman–Crippen MR) is 45.5 cm³/mol. The molecular formula is C8H14O3S. The van der Waals surface area contributed by atoms with Crippen molar-refractivity contribution in [1.29, 1.82) is 0 Å². The molecule has 1 N–H and O–H groups in total. The summed E-state index contributed by atoms with van der Waals surface area (Å²) < 4.78 is 30.1. The lowest BCUT2D eigenvalue weighted by Gasteiger charge is -2.28. The second kappa shape index (κ2) is 2.45. The van der Waals surface area contributed by atoms with Crippen molar-refractivity contribution < 1.29 is 13.0 Å². The highest BCUT2D eigenvalue weighted by Gasteiger charge is 2.55. The summed E-state index contributed by atoms with van der Waals surface area (Å²) in [7, 11) is -3.76. The fourth-order valence-corrected chi connectivity index (χ4v) is 2.99. The zero-order chi connectivity index (χ0) is 8.82. The predicted octanol–water partition coefficient (Wildman–Crippen LogP) is 1.60. The summed E-state index contributed by atoms with van der Waals surface area (Å²) in [5.74, 6) is 0.564. The Morgan fingerprint density at radius 1 is 1.33 bits per heavy atom. The molecule has 0 aromatic carbocycles. The van der Waals surface area contributed by atoms with Crippen LogP contribution in [0.15, 0.2) is 0 Å². The minimum Gasteiger partial charge on any atom is -0.285 e. The summed E-state index contributed by atoms with van der Waals surface area (Å²) in [6.45, 7) is 0. The molecule has 0 radical (unpaired) electrons. The first-order valence-corrected chi connectivity index (χ1v) is 5.95. The van der Waals surface area contributed by atoms with Crippen molar-refractivity contribution in [2.24, 2.45) is 5.92 Å². The van der Waals surface area contributed by atoms with E-state index in [0.29, 0.717) is 25.2 Å². The van der Waals surface area contributed by atoms with Gasteiger partial charge in [-0.15, -0.1) is 0 Å². The van der Waals surface area contributed by atoms with Gasteiger partial charge in [0, 0.05) is 0 Å². The van der Waals surface area contributed by atoms with Gasteiger partial charge in [0.25, 0.3) is 10.1 Å². The van der Waals surface area contributed by atoms with E-state index >= 15 is 0 Å². The van der Waals surface area contributed by atoms with Crippen LogP contribution in [0.2, 0.25) is 0 Å². The van der Waals surface area contributed by atoms with Crippen LogP contribution in [-0.4, -0.2) is 17.7 Å². The Hall–Kier alpha value is -0.0900. The van der Waals surface area contributed by atoms with Crippen LogP contribution >= 0.6 is 0 Å². The highest BCUT2D eigenvalue weighted by molar-refractivity contribution is 7.87. The molecule has 12 heavy (non-hydrogen) atoms. The Morgan fingerprint density at radius 2 is 1.92 bits per heavy atom. The van der Waals surface area contributed by atoms with Gasteiger partial charge >= 0.3 is 0 Å². The second-order valence-corrected chi connectivity index (χ2v) is 5.98. The molecule has 3 nitrogen and oxygen atoms in total. The van der Waals surface area contributed by atoms with E-state index in [1.54, 1.807) is 0 Å².